The molecule has 0 saturated heterocycles. The van der Waals surface area contributed by atoms with Crippen LogP contribution in [-0.2, 0) is 16.2 Å². The summed E-state index contributed by atoms with van der Waals surface area (Å²) < 4.78 is 62.2. The average molecular weight is 316 g/mol. The van der Waals surface area contributed by atoms with E-state index in [4.69, 9.17) is 0 Å². The van der Waals surface area contributed by atoms with Crippen molar-refractivity contribution in [3.8, 4) is 11.1 Å². The van der Waals surface area contributed by atoms with Crippen LogP contribution in [0.2, 0.25) is 0 Å². The Hall–Kier alpha value is -2.09. The van der Waals surface area contributed by atoms with Gasteiger partial charge < -0.3 is 0 Å². The minimum atomic E-state index is -4.42. The fraction of sp³-hybridized carbons (Fsp3) is 0.154. The molecular weight excluding hydrogens is 305 g/mol. The molecule has 21 heavy (non-hydrogen) atoms. The topological polar surface area (TPSA) is 59.1 Å². The number of rotatable bonds is 3. The highest BCUT2D eigenvalue weighted by molar-refractivity contribution is 7.92. The molecule has 1 N–H and O–H groups in total. The zero-order chi connectivity index (χ0) is 15.7. The van der Waals surface area contributed by atoms with Crippen molar-refractivity contribution in [2.75, 3.05) is 11.0 Å². The first-order chi connectivity index (χ1) is 9.65. The van der Waals surface area contributed by atoms with Crippen LogP contribution in [0.4, 0.5) is 19.0 Å². The van der Waals surface area contributed by atoms with E-state index < -0.39 is 21.8 Å². The van der Waals surface area contributed by atoms with Crippen LogP contribution in [-0.4, -0.2) is 19.7 Å². The van der Waals surface area contributed by atoms with Crippen molar-refractivity contribution in [1.29, 1.82) is 0 Å². The molecule has 1 aromatic carbocycles. The average Bonchev–Trinajstić information content (AvgIpc) is 2.37. The van der Waals surface area contributed by atoms with Gasteiger partial charge in [0, 0.05) is 11.8 Å². The summed E-state index contributed by atoms with van der Waals surface area (Å²) in [5.41, 5.74) is 0.0571. The molecule has 0 aliphatic heterocycles. The number of nitrogens with one attached hydrogen (secondary N) is 1. The van der Waals surface area contributed by atoms with Crippen molar-refractivity contribution >= 4 is 15.8 Å². The Morgan fingerprint density at radius 3 is 2.33 bits per heavy atom. The fourth-order valence-corrected chi connectivity index (χ4v) is 2.19. The summed E-state index contributed by atoms with van der Waals surface area (Å²) >= 11 is 0. The quantitative estimate of drug-likeness (QED) is 0.946. The Bertz CT molecular complexity index is 741. The lowest BCUT2D eigenvalue weighted by Gasteiger charge is -2.09. The van der Waals surface area contributed by atoms with E-state index in [-0.39, 0.29) is 5.82 Å². The number of alkyl halides is 3. The van der Waals surface area contributed by atoms with Crippen molar-refractivity contribution in [1.82, 2.24) is 4.98 Å². The van der Waals surface area contributed by atoms with Gasteiger partial charge in [0.25, 0.3) is 0 Å². The monoisotopic (exact) mass is 316 g/mol. The smallest absolute Gasteiger partial charge is 0.268 e. The first kappa shape index (κ1) is 15.3. The molecule has 0 unspecified atom stereocenters. The fourth-order valence-electron chi connectivity index (χ4n) is 1.69. The van der Waals surface area contributed by atoms with Crippen molar-refractivity contribution < 1.29 is 21.6 Å². The summed E-state index contributed by atoms with van der Waals surface area (Å²) in [6.07, 6.45) is -2.13. The molecule has 2 rings (SSSR count). The molecule has 0 fully saturated rings. The molecular formula is C13H11F3N2O2S. The predicted octanol–water partition coefficient (Wildman–Crippen LogP) is 3.14. The minimum absolute atomic E-state index is 0.105. The van der Waals surface area contributed by atoms with E-state index in [0.717, 1.165) is 18.4 Å². The minimum Gasteiger partial charge on any atom is -0.268 e. The normalized spacial score (nSPS) is 12.2. The summed E-state index contributed by atoms with van der Waals surface area (Å²) in [6.45, 7) is 0. The lowest BCUT2D eigenvalue weighted by Crippen LogP contribution is -2.10. The molecule has 1 aromatic heterocycles. The van der Waals surface area contributed by atoms with Crippen LogP contribution in [0, 0.1) is 0 Å². The van der Waals surface area contributed by atoms with Crippen LogP contribution < -0.4 is 4.72 Å². The first-order valence-electron chi connectivity index (χ1n) is 5.77. The van der Waals surface area contributed by atoms with Gasteiger partial charge >= 0.3 is 6.18 Å². The molecule has 0 aliphatic rings. The molecule has 4 nitrogen and oxygen atoms in total. The molecule has 0 radical (unpaired) electrons. The Kier molecular flexibility index (Phi) is 3.91. The van der Waals surface area contributed by atoms with Crippen molar-refractivity contribution in [3.05, 3.63) is 48.2 Å². The zero-order valence-electron chi connectivity index (χ0n) is 10.8. The second-order valence-corrected chi connectivity index (χ2v) is 6.13. The van der Waals surface area contributed by atoms with Crippen molar-refractivity contribution in [3.63, 3.8) is 0 Å². The lowest BCUT2D eigenvalue weighted by molar-refractivity contribution is -0.137. The number of aromatic nitrogens is 1. The Labute approximate surface area is 119 Å². The van der Waals surface area contributed by atoms with Crippen molar-refractivity contribution in [2.45, 2.75) is 6.18 Å². The van der Waals surface area contributed by atoms with Crippen LogP contribution >= 0.6 is 0 Å². The maximum Gasteiger partial charge on any atom is 0.416 e. The molecule has 112 valence electrons. The second-order valence-electron chi connectivity index (χ2n) is 4.38. The van der Waals surface area contributed by atoms with Crippen molar-refractivity contribution in [2.24, 2.45) is 0 Å². The van der Waals surface area contributed by atoms with E-state index in [1.165, 1.54) is 30.5 Å². The summed E-state index contributed by atoms with van der Waals surface area (Å²) in [4.78, 5) is 3.86. The predicted molar refractivity (Wildman–Crippen MR) is 73.1 cm³/mol. The van der Waals surface area contributed by atoms with Crippen LogP contribution in [0.5, 0.6) is 0 Å². The molecule has 1 heterocycles. The Morgan fingerprint density at radius 1 is 1.10 bits per heavy atom. The van der Waals surface area contributed by atoms with Crippen LogP contribution in [0.15, 0.2) is 42.6 Å². The molecule has 0 atom stereocenters. The Morgan fingerprint density at radius 2 is 1.81 bits per heavy atom. The standard InChI is InChI=1S/C13H11F3N2O2S/c1-21(19,20)18-12-6-5-10(8-17-12)9-3-2-4-11(7-9)13(14,15)16/h2-8H,1H3,(H,17,18). The third-order valence-electron chi connectivity index (χ3n) is 2.58. The number of pyridine rings is 1. The van der Waals surface area contributed by atoms with Gasteiger partial charge in [-0.3, -0.25) is 4.72 Å². The summed E-state index contributed by atoms with van der Waals surface area (Å²) in [5.74, 6) is 0.105. The van der Waals surface area contributed by atoms with E-state index in [2.05, 4.69) is 9.71 Å². The van der Waals surface area contributed by atoms with Gasteiger partial charge in [-0.15, -0.1) is 0 Å². The highest BCUT2D eigenvalue weighted by Gasteiger charge is 2.30. The van der Waals surface area contributed by atoms with E-state index in [9.17, 15) is 21.6 Å². The first-order valence-corrected chi connectivity index (χ1v) is 7.66. The highest BCUT2D eigenvalue weighted by Crippen LogP contribution is 2.32. The maximum absolute atomic E-state index is 12.6. The number of hydrogen-bond donors (Lipinski definition) is 1. The van der Waals surface area contributed by atoms with Crippen LogP contribution in [0.3, 0.4) is 0 Å². The molecule has 0 saturated carbocycles. The maximum atomic E-state index is 12.6. The number of nitrogens with zero attached hydrogens (tertiary/aromatic N) is 1. The number of anilines is 1. The molecule has 0 spiro atoms. The molecule has 2 aromatic rings. The summed E-state index contributed by atoms with van der Waals surface area (Å²) in [5, 5.41) is 0. The third kappa shape index (κ3) is 4.19. The van der Waals surface area contributed by atoms with Crippen LogP contribution in [0.25, 0.3) is 11.1 Å². The van der Waals surface area contributed by atoms with Gasteiger partial charge in [-0.1, -0.05) is 12.1 Å². The number of benzene rings is 1. The number of halogens is 3. The highest BCUT2D eigenvalue weighted by atomic mass is 32.2. The molecule has 0 bridgehead atoms. The van der Waals surface area contributed by atoms with Gasteiger partial charge in [0.05, 0.1) is 11.8 Å². The summed E-state index contributed by atoms with van der Waals surface area (Å²) in [6, 6.07) is 7.71. The van der Waals surface area contributed by atoms with Crippen LogP contribution in [0.1, 0.15) is 5.56 Å². The third-order valence-corrected chi connectivity index (χ3v) is 3.16. The zero-order valence-corrected chi connectivity index (χ0v) is 11.7. The number of hydrogen-bond acceptors (Lipinski definition) is 3. The Balaban J connectivity index is 2.31. The van der Waals surface area contributed by atoms with Gasteiger partial charge in [0.2, 0.25) is 10.0 Å². The van der Waals surface area contributed by atoms with E-state index in [1.54, 1.807) is 0 Å². The van der Waals surface area contributed by atoms with Gasteiger partial charge in [-0.05, 0) is 29.8 Å². The SMILES string of the molecule is CS(=O)(=O)Nc1ccc(-c2cccc(C(F)(F)F)c2)cn1. The van der Waals surface area contributed by atoms with Gasteiger partial charge in [-0.25, -0.2) is 13.4 Å². The lowest BCUT2D eigenvalue weighted by atomic mass is 10.0. The van der Waals surface area contributed by atoms with E-state index >= 15 is 0 Å². The van der Waals surface area contributed by atoms with Gasteiger partial charge in [-0.2, -0.15) is 13.2 Å². The van der Waals surface area contributed by atoms with Gasteiger partial charge in [0.15, 0.2) is 0 Å². The number of sulfonamides is 1. The summed E-state index contributed by atoms with van der Waals surface area (Å²) in [7, 11) is -3.44. The molecule has 8 heteroatoms. The molecule has 0 aliphatic carbocycles. The molecule has 0 amide bonds. The van der Waals surface area contributed by atoms with Gasteiger partial charge in [0.1, 0.15) is 5.82 Å². The largest absolute Gasteiger partial charge is 0.416 e. The van der Waals surface area contributed by atoms with E-state index in [1.807, 2.05) is 0 Å². The second kappa shape index (κ2) is 5.36. The van der Waals surface area contributed by atoms with E-state index in [0.29, 0.717) is 11.1 Å².